The van der Waals surface area contributed by atoms with Crippen molar-refractivity contribution >= 4 is 26.6 Å². The van der Waals surface area contributed by atoms with Crippen molar-refractivity contribution in [1.82, 2.24) is 4.98 Å². The van der Waals surface area contributed by atoms with Crippen LogP contribution < -0.4 is 9.46 Å². The van der Waals surface area contributed by atoms with Gasteiger partial charge in [-0.05, 0) is 42.8 Å². The van der Waals surface area contributed by atoms with Crippen LogP contribution in [0, 0.1) is 6.92 Å². The Morgan fingerprint density at radius 2 is 1.95 bits per heavy atom. The summed E-state index contributed by atoms with van der Waals surface area (Å²) < 4.78 is 32.9. The van der Waals surface area contributed by atoms with Gasteiger partial charge < -0.3 is 9.72 Å². The van der Waals surface area contributed by atoms with Crippen molar-refractivity contribution in [3.8, 4) is 5.75 Å². The summed E-state index contributed by atoms with van der Waals surface area (Å²) in [5.74, 6) is 0.658. The maximum atomic E-state index is 12.6. The molecular formula is C16H16N2O3S. The highest BCUT2D eigenvalue weighted by molar-refractivity contribution is 7.92. The van der Waals surface area contributed by atoms with Gasteiger partial charge in [-0.15, -0.1) is 0 Å². The van der Waals surface area contributed by atoms with Crippen LogP contribution in [-0.4, -0.2) is 20.5 Å². The van der Waals surface area contributed by atoms with Crippen LogP contribution in [0.2, 0.25) is 0 Å². The number of H-pyrrole nitrogens is 1. The van der Waals surface area contributed by atoms with Crippen molar-refractivity contribution in [3.63, 3.8) is 0 Å². The van der Waals surface area contributed by atoms with Crippen LogP contribution in [0.1, 0.15) is 5.56 Å². The van der Waals surface area contributed by atoms with Gasteiger partial charge in [0.1, 0.15) is 5.75 Å². The normalized spacial score (nSPS) is 11.5. The number of methoxy groups -OCH3 is 1. The summed E-state index contributed by atoms with van der Waals surface area (Å²) in [5, 5.41) is 0.950. The third kappa shape index (κ3) is 2.53. The van der Waals surface area contributed by atoms with E-state index in [1.807, 2.05) is 25.1 Å². The molecule has 0 saturated heterocycles. The largest absolute Gasteiger partial charge is 0.496 e. The van der Waals surface area contributed by atoms with Gasteiger partial charge in [0.25, 0.3) is 10.0 Å². The number of aryl methyl sites for hydroxylation is 1. The number of aromatic nitrogens is 1. The highest BCUT2D eigenvalue weighted by Crippen LogP contribution is 2.26. The number of fused-ring (bicyclic) bond motifs is 1. The summed E-state index contributed by atoms with van der Waals surface area (Å²) in [6.45, 7) is 1.81. The molecule has 1 aromatic heterocycles. The second kappa shape index (κ2) is 5.38. The lowest BCUT2D eigenvalue weighted by molar-refractivity contribution is 0.411. The van der Waals surface area contributed by atoms with Crippen LogP contribution in [0.5, 0.6) is 5.75 Å². The average molecular weight is 316 g/mol. The molecule has 114 valence electrons. The van der Waals surface area contributed by atoms with E-state index in [1.165, 1.54) is 6.07 Å². The van der Waals surface area contributed by atoms with Crippen molar-refractivity contribution in [1.29, 1.82) is 0 Å². The smallest absolute Gasteiger partial charge is 0.261 e. The Hall–Kier alpha value is -2.47. The molecule has 0 saturated carbocycles. The number of ether oxygens (including phenoxy) is 1. The Morgan fingerprint density at radius 3 is 2.68 bits per heavy atom. The van der Waals surface area contributed by atoms with Gasteiger partial charge in [0.05, 0.1) is 23.2 Å². The van der Waals surface area contributed by atoms with Gasteiger partial charge in [-0.1, -0.05) is 12.1 Å². The van der Waals surface area contributed by atoms with Crippen molar-refractivity contribution in [2.24, 2.45) is 0 Å². The molecule has 22 heavy (non-hydrogen) atoms. The van der Waals surface area contributed by atoms with E-state index >= 15 is 0 Å². The first-order valence-electron chi connectivity index (χ1n) is 6.75. The van der Waals surface area contributed by atoms with Gasteiger partial charge in [-0.3, -0.25) is 4.72 Å². The van der Waals surface area contributed by atoms with Gasteiger partial charge in [-0.25, -0.2) is 8.42 Å². The second-order valence-electron chi connectivity index (χ2n) is 4.98. The first-order chi connectivity index (χ1) is 10.5. The Balaban J connectivity index is 2.00. The fourth-order valence-corrected chi connectivity index (χ4v) is 3.55. The number of anilines is 1. The second-order valence-corrected chi connectivity index (χ2v) is 6.67. The minimum absolute atomic E-state index is 0.203. The summed E-state index contributed by atoms with van der Waals surface area (Å²) in [4.78, 5) is 3.25. The van der Waals surface area contributed by atoms with Crippen LogP contribution >= 0.6 is 0 Å². The highest BCUT2D eigenvalue weighted by Gasteiger charge is 2.17. The van der Waals surface area contributed by atoms with Gasteiger partial charge >= 0.3 is 0 Å². The van der Waals surface area contributed by atoms with Crippen LogP contribution in [0.15, 0.2) is 53.6 Å². The molecule has 2 aromatic carbocycles. The number of rotatable bonds is 4. The van der Waals surface area contributed by atoms with E-state index < -0.39 is 10.0 Å². The molecule has 0 aliphatic rings. The molecule has 2 N–H and O–H groups in total. The Morgan fingerprint density at radius 1 is 1.14 bits per heavy atom. The lowest BCUT2D eigenvalue weighted by atomic mass is 10.2. The minimum atomic E-state index is -3.66. The number of hydrogen-bond donors (Lipinski definition) is 2. The Kier molecular flexibility index (Phi) is 3.54. The molecule has 3 rings (SSSR count). The van der Waals surface area contributed by atoms with Gasteiger partial charge in [0, 0.05) is 11.6 Å². The summed E-state index contributed by atoms with van der Waals surface area (Å²) >= 11 is 0. The lowest BCUT2D eigenvalue weighted by Crippen LogP contribution is -2.13. The number of para-hydroxylation sites is 1. The van der Waals surface area contributed by atoms with E-state index in [1.54, 1.807) is 31.5 Å². The Labute approximate surface area is 129 Å². The van der Waals surface area contributed by atoms with Crippen LogP contribution in [0.4, 0.5) is 5.69 Å². The monoisotopic (exact) mass is 316 g/mol. The van der Waals surface area contributed by atoms with Crippen molar-refractivity contribution in [2.45, 2.75) is 11.8 Å². The van der Waals surface area contributed by atoms with E-state index in [-0.39, 0.29) is 4.90 Å². The van der Waals surface area contributed by atoms with E-state index in [4.69, 9.17) is 4.74 Å². The maximum Gasteiger partial charge on any atom is 0.261 e. The van der Waals surface area contributed by atoms with E-state index in [9.17, 15) is 8.42 Å². The lowest BCUT2D eigenvalue weighted by Gasteiger charge is -2.11. The van der Waals surface area contributed by atoms with E-state index in [2.05, 4.69) is 9.71 Å². The van der Waals surface area contributed by atoms with Crippen LogP contribution in [-0.2, 0) is 10.0 Å². The molecule has 5 nitrogen and oxygen atoms in total. The molecule has 0 aliphatic heterocycles. The van der Waals surface area contributed by atoms with Gasteiger partial charge in [-0.2, -0.15) is 0 Å². The predicted octanol–water partition coefficient (Wildman–Crippen LogP) is 3.29. The fraction of sp³-hybridized carbons (Fsp3) is 0.125. The fourth-order valence-electron chi connectivity index (χ4n) is 2.39. The highest BCUT2D eigenvalue weighted by atomic mass is 32.2. The van der Waals surface area contributed by atoms with Crippen LogP contribution in [0.3, 0.4) is 0 Å². The molecule has 0 fully saturated rings. The third-order valence-electron chi connectivity index (χ3n) is 3.51. The summed E-state index contributed by atoms with van der Waals surface area (Å²) in [5.41, 5.74) is 2.05. The number of benzene rings is 2. The molecular weight excluding hydrogens is 300 g/mol. The molecule has 0 radical (unpaired) electrons. The summed E-state index contributed by atoms with van der Waals surface area (Å²) in [6.07, 6.45) is 1.78. The predicted molar refractivity (Wildman–Crippen MR) is 86.8 cm³/mol. The van der Waals surface area contributed by atoms with Gasteiger partial charge in [0.2, 0.25) is 0 Å². The zero-order valence-corrected chi connectivity index (χ0v) is 13.1. The number of aromatic amines is 1. The Bertz CT molecular complexity index is 929. The maximum absolute atomic E-state index is 12.6. The van der Waals surface area contributed by atoms with Crippen LogP contribution in [0.25, 0.3) is 10.9 Å². The standard InChI is InChI=1S/C16H16N2O3S/c1-11-10-13(6-7-15(11)21-2)22(19,20)18-14-5-3-4-12-8-9-17-16(12)14/h3-10,17-18H,1-2H3. The summed E-state index contributed by atoms with van der Waals surface area (Å²) in [6, 6.07) is 12.1. The zero-order valence-electron chi connectivity index (χ0n) is 12.3. The van der Waals surface area contributed by atoms with Crippen molar-refractivity contribution in [3.05, 3.63) is 54.2 Å². The molecule has 6 heteroatoms. The number of hydrogen-bond acceptors (Lipinski definition) is 3. The van der Waals surface area contributed by atoms with E-state index in [0.717, 1.165) is 16.5 Å². The third-order valence-corrected chi connectivity index (χ3v) is 4.87. The number of sulfonamides is 1. The summed E-state index contributed by atoms with van der Waals surface area (Å²) in [7, 11) is -2.10. The molecule has 0 atom stereocenters. The SMILES string of the molecule is COc1ccc(S(=O)(=O)Nc2cccc3cc[nH]c23)cc1C. The minimum Gasteiger partial charge on any atom is -0.496 e. The van der Waals surface area contributed by atoms with Gasteiger partial charge in [0.15, 0.2) is 0 Å². The topological polar surface area (TPSA) is 71.2 Å². The first-order valence-corrected chi connectivity index (χ1v) is 8.23. The van der Waals surface area contributed by atoms with Crippen molar-refractivity contribution in [2.75, 3.05) is 11.8 Å². The molecule has 0 unspecified atom stereocenters. The molecule has 0 amide bonds. The van der Waals surface area contributed by atoms with E-state index in [0.29, 0.717) is 11.4 Å². The molecule has 0 bridgehead atoms. The number of nitrogens with one attached hydrogen (secondary N) is 2. The first kappa shape index (κ1) is 14.5. The molecule has 0 aliphatic carbocycles. The quantitative estimate of drug-likeness (QED) is 0.776. The zero-order chi connectivity index (χ0) is 15.7. The molecule has 0 spiro atoms. The molecule has 3 aromatic rings. The average Bonchev–Trinajstić information content (AvgIpc) is 2.96. The molecule has 1 heterocycles. The van der Waals surface area contributed by atoms with Crippen molar-refractivity contribution < 1.29 is 13.2 Å².